The number of hydrogen-bond donors (Lipinski definition) is 2. The summed E-state index contributed by atoms with van der Waals surface area (Å²) in [6.07, 6.45) is 2.24. The fourth-order valence-corrected chi connectivity index (χ4v) is 3.82. The van der Waals surface area contributed by atoms with Crippen LogP contribution in [-0.2, 0) is 11.2 Å². The molecule has 4 rings (SSSR count). The molecule has 0 saturated carbocycles. The van der Waals surface area contributed by atoms with Crippen LogP contribution in [0, 0.1) is 0 Å². The third-order valence-electron chi connectivity index (χ3n) is 5.28. The molecule has 0 radical (unpaired) electrons. The number of benzene rings is 4. The van der Waals surface area contributed by atoms with Gasteiger partial charge in [0.1, 0.15) is 0 Å². The minimum absolute atomic E-state index is 0.0113. The number of phenols is 1. The Morgan fingerprint density at radius 1 is 0.935 bits per heavy atom. The Hall–Kier alpha value is -4.05. The average molecular weight is 410 g/mol. The van der Waals surface area contributed by atoms with Crippen molar-refractivity contribution in [2.75, 3.05) is 7.11 Å². The third kappa shape index (κ3) is 4.14. The Balaban J connectivity index is 1.97. The van der Waals surface area contributed by atoms with Crippen LogP contribution in [-0.4, -0.2) is 23.3 Å². The van der Waals surface area contributed by atoms with Gasteiger partial charge in [-0.05, 0) is 40.6 Å². The van der Waals surface area contributed by atoms with Crippen LogP contribution in [0.5, 0.6) is 11.5 Å². The van der Waals surface area contributed by atoms with Crippen LogP contribution in [0.4, 0.5) is 0 Å². The maximum absolute atomic E-state index is 12.2. The Labute approximate surface area is 180 Å². The molecule has 0 saturated heterocycles. The second-order valence-corrected chi connectivity index (χ2v) is 7.25. The summed E-state index contributed by atoms with van der Waals surface area (Å²) in [5.74, 6) is -0.799. The molecule has 0 heterocycles. The number of carboxylic acid groups (broad SMARTS) is 1. The molecule has 0 fully saturated rings. The Kier molecular flexibility index (Phi) is 5.72. The van der Waals surface area contributed by atoms with Gasteiger partial charge in [-0.25, -0.2) is 4.79 Å². The summed E-state index contributed by atoms with van der Waals surface area (Å²) in [4.78, 5) is 12.2. The van der Waals surface area contributed by atoms with Crippen LogP contribution in [0.15, 0.2) is 84.9 Å². The highest BCUT2D eigenvalue weighted by molar-refractivity contribution is 6.24. The molecule has 0 aromatic heterocycles. The zero-order chi connectivity index (χ0) is 21.8. The van der Waals surface area contributed by atoms with Crippen molar-refractivity contribution < 1.29 is 19.7 Å². The van der Waals surface area contributed by atoms with Gasteiger partial charge in [-0.15, -0.1) is 0 Å². The summed E-state index contributed by atoms with van der Waals surface area (Å²) in [5, 5.41) is 22.2. The number of carbonyl (C=O) groups is 1. The number of aromatic hydroxyl groups is 1. The molecule has 154 valence electrons. The fourth-order valence-electron chi connectivity index (χ4n) is 3.82. The number of aliphatic carboxylic acids is 1. The van der Waals surface area contributed by atoms with Crippen molar-refractivity contribution in [1.29, 1.82) is 0 Å². The number of rotatable bonds is 6. The van der Waals surface area contributed by atoms with Crippen molar-refractivity contribution in [3.05, 3.63) is 107 Å². The van der Waals surface area contributed by atoms with Gasteiger partial charge in [0.15, 0.2) is 11.5 Å². The van der Waals surface area contributed by atoms with Crippen molar-refractivity contribution >= 4 is 28.4 Å². The fraction of sp³-hybridized carbons (Fsp3) is 0.0741. The van der Waals surface area contributed by atoms with E-state index in [1.165, 1.54) is 7.11 Å². The zero-order valence-electron chi connectivity index (χ0n) is 17.1. The number of ether oxygens (including phenoxy) is 1. The van der Waals surface area contributed by atoms with Crippen molar-refractivity contribution in [3.63, 3.8) is 0 Å². The number of phenolic OH excluding ortho intramolecular Hbond substituents is 1. The van der Waals surface area contributed by atoms with Crippen molar-refractivity contribution in [3.8, 4) is 11.5 Å². The molecular formula is C27H22O4. The quantitative estimate of drug-likeness (QED) is 0.313. The Bertz CT molecular complexity index is 1260. The van der Waals surface area contributed by atoms with E-state index in [2.05, 4.69) is 0 Å². The summed E-state index contributed by atoms with van der Waals surface area (Å²) >= 11 is 0. The highest BCUT2D eigenvalue weighted by Gasteiger charge is 2.21. The summed E-state index contributed by atoms with van der Waals surface area (Å²) in [6.45, 7) is 0. The highest BCUT2D eigenvalue weighted by atomic mass is 16.5. The SMILES string of the molecule is COc1cc(C(=Cc2ccccc2)C(=O)O)c2cccc(Cc3ccccc3)c2c1O. The van der Waals surface area contributed by atoms with Crippen LogP contribution in [0.3, 0.4) is 0 Å². The number of carboxylic acids is 1. The monoisotopic (exact) mass is 410 g/mol. The van der Waals surface area contributed by atoms with Crippen LogP contribution in [0.2, 0.25) is 0 Å². The summed E-state index contributed by atoms with van der Waals surface area (Å²) in [7, 11) is 1.46. The normalized spacial score (nSPS) is 11.5. The van der Waals surface area contributed by atoms with Crippen LogP contribution >= 0.6 is 0 Å². The molecule has 0 spiro atoms. The van der Waals surface area contributed by atoms with Crippen molar-refractivity contribution in [2.24, 2.45) is 0 Å². The smallest absolute Gasteiger partial charge is 0.336 e. The topological polar surface area (TPSA) is 66.8 Å². The molecule has 0 aliphatic carbocycles. The summed E-state index contributed by atoms with van der Waals surface area (Å²) in [6, 6.07) is 26.5. The summed E-state index contributed by atoms with van der Waals surface area (Å²) < 4.78 is 5.41. The first-order chi connectivity index (χ1) is 15.1. The lowest BCUT2D eigenvalue weighted by Gasteiger charge is -2.16. The van der Waals surface area contributed by atoms with Gasteiger partial charge >= 0.3 is 5.97 Å². The van der Waals surface area contributed by atoms with Crippen LogP contribution < -0.4 is 4.74 Å². The molecule has 4 heteroatoms. The predicted molar refractivity (Wildman–Crippen MR) is 123 cm³/mol. The van der Waals surface area contributed by atoms with E-state index in [0.29, 0.717) is 22.8 Å². The first-order valence-corrected chi connectivity index (χ1v) is 9.94. The van der Waals surface area contributed by atoms with E-state index in [1.807, 2.05) is 78.9 Å². The molecule has 0 aliphatic heterocycles. The number of methoxy groups -OCH3 is 1. The van der Waals surface area contributed by atoms with Crippen molar-refractivity contribution in [1.82, 2.24) is 0 Å². The number of fused-ring (bicyclic) bond motifs is 1. The lowest BCUT2D eigenvalue weighted by molar-refractivity contribution is -0.130. The molecule has 0 amide bonds. The second-order valence-electron chi connectivity index (χ2n) is 7.25. The van der Waals surface area contributed by atoms with Gasteiger partial charge in [0, 0.05) is 10.9 Å². The van der Waals surface area contributed by atoms with Gasteiger partial charge < -0.3 is 14.9 Å². The van der Waals surface area contributed by atoms with Gasteiger partial charge in [0.25, 0.3) is 0 Å². The lowest BCUT2D eigenvalue weighted by Crippen LogP contribution is -2.02. The van der Waals surface area contributed by atoms with E-state index >= 15 is 0 Å². The molecule has 4 nitrogen and oxygen atoms in total. The van der Waals surface area contributed by atoms with E-state index in [1.54, 1.807) is 12.1 Å². The van der Waals surface area contributed by atoms with E-state index in [4.69, 9.17) is 4.74 Å². The number of hydrogen-bond acceptors (Lipinski definition) is 3. The van der Waals surface area contributed by atoms with E-state index in [-0.39, 0.29) is 17.1 Å². The molecule has 0 bridgehead atoms. The van der Waals surface area contributed by atoms with Crippen LogP contribution in [0.1, 0.15) is 22.3 Å². The minimum Gasteiger partial charge on any atom is -0.504 e. The van der Waals surface area contributed by atoms with E-state index in [9.17, 15) is 15.0 Å². The van der Waals surface area contributed by atoms with Crippen LogP contribution in [0.25, 0.3) is 22.4 Å². The average Bonchev–Trinajstić information content (AvgIpc) is 2.79. The first kappa shape index (κ1) is 20.2. The zero-order valence-corrected chi connectivity index (χ0v) is 17.1. The maximum Gasteiger partial charge on any atom is 0.336 e. The second kappa shape index (κ2) is 8.76. The largest absolute Gasteiger partial charge is 0.504 e. The van der Waals surface area contributed by atoms with E-state index in [0.717, 1.165) is 16.7 Å². The highest BCUT2D eigenvalue weighted by Crippen LogP contribution is 2.42. The third-order valence-corrected chi connectivity index (χ3v) is 5.28. The van der Waals surface area contributed by atoms with E-state index < -0.39 is 5.97 Å². The molecule has 31 heavy (non-hydrogen) atoms. The first-order valence-electron chi connectivity index (χ1n) is 9.94. The van der Waals surface area contributed by atoms with Gasteiger partial charge in [-0.1, -0.05) is 78.9 Å². The molecule has 2 N–H and O–H groups in total. The molecule has 4 aromatic rings. The molecule has 0 unspecified atom stereocenters. The Morgan fingerprint density at radius 2 is 1.61 bits per heavy atom. The predicted octanol–water partition coefficient (Wildman–Crippen LogP) is 5.77. The molecule has 0 atom stereocenters. The van der Waals surface area contributed by atoms with Gasteiger partial charge in [-0.3, -0.25) is 0 Å². The van der Waals surface area contributed by atoms with Gasteiger partial charge in [0.2, 0.25) is 0 Å². The lowest BCUT2D eigenvalue weighted by atomic mass is 9.91. The van der Waals surface area contributed by atoms with Gasteiger partial charge in [0.05, 0.1) is 12.7 Å². The standard InChI is InChI=1S/C27H22O4/c1-31-24-17-22(23(27(29)30)16-19-11-6-3-7-12-19)21-14-8-13-20(25(21)26(24)28)15-18-9-4-2-5-10-18/h2-14,16-17,28H,15H2,1H3,(H,29,30). The minimum atomic E-state index is -1.05. The Morgan fingerprint density at radius 3 is 2.26 bits per heavy atom. The van der Waals surface area contributed by atoms with Gasteiger partial charge in [-0.2, -0.15) is 0 Å². The molecular weight excluding hydrogens is 388 g/mol. The maximum atomic E-state index is 12.2. The molecule has 0 aliphatic rings. The van der Waals surface area contributed by atoms with Crippen molar-refractivity contribution in [2.45, 2.75) is 6.42 Å². The summed E-state index contributed by atoms with van der Waals surface area (Å²) in [5.41, 5.74) is 3.39. The molecule has 4 aromatic carbocycles.